The van der Waals surface area contributed by atoms with E-state index >= 15 is 0 Å². The summed E-state index contributed by atoms with van der Waals surface area (Å²) in [4.78, 5) is 38.1. The van der Waals surface area contributed by atoms with Gasteiger partial charge >= 0.3 is 11.9 Å². The van der Waals surface area contributed by atoms with Crippen molar-refractivity contribution in [3.63, 3.8) is 0 Å². The summed E-state index contributed by atoms with van der Waals surface area (Å²) >= 11 is 0. The van der Waals surface area contributed by atoms with Crippen molar-refractivity contribution in [3.05, 3.63) is 85.1 Å². The van der Waals surface area contributed by atoms with Crippen LogP contribution in [0.25, 0.3) is 0 Å². The molecule has 0 spiro atoms. The van der Waals surface area contributed by atoms with Crippen LogP contribution in [0.5, 0.6) is 0 Å². The highest BCUT2D eigenvalue weighted by atomic mass is 31.2. The van der Waals surface area contributed by atoms with Crippen molar-refractivity contribution in [3.8, 4) is 0 Å². The predicted octanol–water partition coefficient (Wildman–Crippen LogP) is 22.3. The second kappa shape index (κ2) is 64.7. The van der Waals surface area contributed by atoms with Crippen LogP contribution in [0.3, 0.4) is 0 Å². The predicted molar refractivity (Wildman–Crippen MR) is 360 cm³/mol. The van der Waals surface area contributed by atoms with Gasteiger partial charge in [0.2, 0.25) is 0 Å². The Kier molecular flexibility index (Phi) is 62.5. The van der Waals surface area contributed by atoms with Crippen molar-refractivity contribution < 1.29 is 42.1 Å². The van der Waals surface area contributed by atoms with Gasteiger partial charge in [-0.15, -0.1) is 0 Å². The average Bonchev–Trinajstić information content (AvgIpc) is 3.61. The summed E-state index contributed by atoms with van der Waals surface area (Å²) in [6, 6.07) is 0. The Hall–Kier alpha value is -2.81. The standard InChI is InChI=1S/C74H134NO8P/c1-6-8-10-12-14-16-18-20-22-24-26-28-30-32-34-35-36-37-38-39-41-42-44-46-48-50-52-54-56-58-60-62-64-66-73(76)80-70-72(71-82-84(78,79)81-69-68-75(3,4)5)83-74(77)67-65-63-61-59-57-55-53-51-49-47-45-43-40-33-31-29-27-25-23-21-19-17-15-13-11-9-7-2/h9,11,15,17,21,23-24,26-27,29,33,40,45,47,72H,6-8,10,12-14,16,18-20,22,25,28,30-32,34-39,41-44,46,48-71H2,1-5H3/b11-9-,17-15-,23-21-,26-24-,29-27-,40-33-,47-45-. The number of carbonyl (C=O) groups excluding carboxylic acids is 2. The number of rotatable bonds is 65. The van der Waals surface area contributed by atoms with Crippen molar-refractivity contribution in [2.24, 2.45) is 0 Å². The number of nitrogens with zero attached hydrogens (tertiary/aromatic N) is 1. The Bertz CT molecular complexity index is 1690. The second-order valence-corrected chi connectivity index (χ2v) is 26.3. The third kappa shape index (κ3) is 68.3. The van der Waals surface area contributed by atoms with Gasteiger partial charge in [0.1, 0.15) is 19.8 Å². The van der Waals surface area contributed by atoms with E-state index in [9.17, 15) is 19.0 Å². The Morgan fingerprint density at radius 3 is 1.02 bits per heavy atom. The van der Waals surface area contributed by atoms with Crippen molar-refractivity contribution in [2.45, 2.75) is 328 Å². The molecule has 0 aliphatic rings. The minimum Gasteiger partial charge on any atom is -0.756 e. The summed E-state index contributed by atoms with van der Waals surface area (Å²) in [5.41, 5.74) is 0. The van der Waals surface area contributed by atoms with Gasteiger partial charge in [-0.1, -0.05) is 304 Å². The second-order valence-electron chi connectivity index (χ2n) is 24.9. The van der Waals surface area contributed by atoms with Gasteiger partial charge in [-0.05, 0) is 89.9 Å². The van der Waals surface area contributed by atoms with Crippen molar-refractivity contribution in [2.75, 3.05) is 47.5 Å². The van der Waals surface area contributed by atoms with Crippen LogP contribution in [0.4, 0.5) is 0 Å². The molecule has 10 heteroatoms. The Morgan fingerprint density at radius 1 is 0.381 bits per heavy atom. The first kappa shape index (κ1) is 81.2. The largest absolute Gasteiger partial charge is 0.756 e. The minimum absolute atomic E-state index is 0.0348. The van der Waals surface area contributed by atoms with E-state index in [2.05, 4.69) is 98.9 Å². The van der Waals surface area contributed by atoms with Gasteiger partial charge in [-0.3, -0.25) is 14.2 Å². The van der Waals surface area contributed by atoms with E-state index in [0.29, 0.717) is 17.4 Å². The Balaban J connectivity index is 4.03. The maximum atomic E-state index is 12.9. The van der Waals surface area contributed by atoms with E-state index < -0.39 is 26.5 Å². The summed E-state index contributed by atoms with van der Waals surface area (Å²) in [6.07, 6.45) is 88.1. The molecule has 0 aliphatic carbocycles. The van der Waals surface area contributed by atoms with E-state index in [4.69, 9.17) is 18.5 Å². The number of allylic oxidation sites excluding steroid dienone is 14. The Morgan fingerprint density at radius 2 is 0.679 bits per heavy atom. The highest BCUT2D eigenvalue weighted by Crippen LogP contribution is 2.38. The van der Waals surface area contributed by atoms with Crippen LogP contribution in [0.2, 0.25) is 0 Å². The lowest BCUT2D eigenvalue weighted by Gasteiger charge is -2.28. The average molecular weight is 1200 g/mol. The molecule has 0 heterocycles. The number of esters is 2. The van der Waals surface area contributed by atoms with Gasteiger partial charge in [0.15, 0.2) is 6.10 Å². The number of unbranched alkanes of at least 4 members (excludes halogenated alkanes) is 37. The number of carbonyl (C=O) groups is 2. The molecule has 0 aromatic heterocycles. The fourth-order valence-corrected chi connectivity index (χ4v) is 10.7. The summed E-state index contributed by atoms with van der Waals surface area (Å²) in [6.45, 7) is 4.15. The molecule has 0 saturated heterocycles. The molecule has 0 aromatic carbocycles. The lowest BCUT2D eigenvalue weighted by atomic mass is 10.0. The van der Waals surface area contributed by atoms with Gasteiger partial charge in [-0.2, -0.15) is 0 Å². The maximum Gasteiger partial charge on any atom is 0.306 e. The molecule has 0 radical (unpaired) electrons. The molecule has 0 amide bonds. The quantitative estimate of drug-likeness (QED) is 0.0195. The summed E-state index contributed by atoms with van der Waals surface area (Å²) in [5, 5.41) is 0. The van der Waals surface area contributed by atoms with Crippen LogP contribution in [0, 0.1) is 0 Å². The van der Waals surface area contributed by atoms with Gasteiger partial charge in [0.05, 0.1) is 27.7 Å². The number of phosphoric ester groups is 1. The highest BCUT2D eigenvalue weighted by Gasteiger charge is 2.22. The van der Waals surface area contributed by atoms with Crippen molar-refractivity contribution in [1.29, 1.82) is 0 Å². The molecular formula is C74H134NO8P. The fraction of sp³-hybridized carbons (Fsp3) is 0.784. The van der Waals surface area contributed by atoms with Gasteiger partial charge in [-0.25, -0.2) is 0 Å². The molecule has 9 nitrogen and oxygen atoms in total. The zero-order chi connectivity index (χ0) is 61.2. The lowest BCUT2D eigenvalue weighted by molar-refractivity contribution is -0.870. The summed E-state index contributed by atoms with van der Waals surface area (Å²) < 4.78 is 34.3. The highest BCUT2D eigenvalue weighted by molar-refractivity contribution is 7.45. The molecule has 0 rings (SSSR count). The normalized spacial score (nSPS) is 13.6. The fourth-order valence-electron chi connectivity index (χ4n) is 10.0. The molecular weight excluding hydrogens is 1060 g/mol. The van der Waals surface area contributed by atoms with Gasteiger partial charge in [0, 0.05) is 12.8 Å². The smallest absolute Gasteiger partial charge is 0.306 e. The molecule has 0 saturated carbocycles. The molecule has 2 unspecified atom stereocenters. The zero-order valence-corrected chi connectivity index (χ0v) is 56.5. The van der Waals surface area contributed by atoms with Gasteiger partial charge < -0.3 is 27.9 Å². The topological polar surface area (TPSA) is 111 Å². The molecule has 488 valence electrons. The number of hydrogen-bond donors (Lipinski definition) is 0. The zero-order valence-electron chi connectivity index (χ0n) is 55.6. The lowest BCUT2D eigenvalue weighted by Crippen LogP contribution is -2.37. The molecule has 0 bridgehead atoms. The van der Waals surface area contributed by atoms with Crippen LogP contribution in [-0.2, 0) is 32.7 Å². The molecule has 2 atom stereocenters. The van der Waals surface area contributed by atoms with E-state index in [1.807, 2.05) is 21.1 Å². The maximum absolute atomic E-state index is 12.9. The molecule has 84 heavy (non-hydrogen) atoms. The molecule has 0 aliphatic heterocycles. The number of likely N-dealkylation sites (N-methyl/N-ethyl adjacent to an activating group) is 1. The monoisotopic (exact) mass is 1200 g/mol. The first-order valence-corrected chi connectivity index (χ1v) is 36.8. The molecule has 0 aromatic rings. The summed E-state index contributed by atoms with van der Waals surface area (Å²) in [5.74, 6) is -0.834. The van der Waals surface area contributed by atoms with Crippen molar-refractivity contribution >= 4 is 19.8 Å². The number of hydrogen-bond acceptors (Lipinski definition) is 8. The van der Waals surface area contributed by atoms with Crippen LogP contribution >= 0.6 is 7.82 Å². The van der Waals surface area contributed by atoms with E-state index in [0.717, 1.165) is 83.5 Å². The Labute approximate surface area is 520 Å². The molecule has 0 N–H and O–H groups in total. The number of ether oxygens (including phenoxy) is 2. The van der Waals surface area contributed by atoms with E-state index in [1.54, 1.807) is 0 Å². The first-order chi connectivity index (χ1) is 41.0. The first-order valence-electron chi connectivity index (χ1n) is 35.3. The van der Waals surface area contributed by atoms with Crippen LogP contribution < -0.4 is 4.89 Å². The van der Waals surface area contributed by atoms with Crippen LogP contribution in [0.15, 0.2) is 85.1 Å². The van der Waals surface area contributed by atoms with Gasteiger partial charge in [0.25, 0.3) is 7.82 Å². The molecule has 0 fully saturated rings. The SMILES string of the molecule is CC/C=C\C/C=C\C/C=C\C/C=C\C/C=C\C/C=C\CCCCCCCCCCC(=O)OC(COC(=O)CCCCCCCCCCCCCCCCCCCCCCC/C=C\CCCCCCCCCC)COP(=O)([O-])OCC[N+](C)(C)C. The van der Waals surface area contributed by atoms with E-state index in [-0.39, 0.29) is 32.0 Å². The summed E-state index contributed by atoms with van der Waals surface area (Å²) in [7, 11) is 1.16. The minimum atomic E-state index is -4.65. The van der Waals surface area contributed by atoms with Crippen LogP contribution in [0.1, 0.15) is 322 Å². The van der Waals surface area contributed by atoms with Crippen LogP contribution in [-0.4, -0.2) is 70.0 Å². The van der Waals surface area contributed by atoms with Crippen molar-refractivity contribution in [1.82, 2.24) is 0 Å². The number of phosphoric acid groups is 1. The third-order valence-corrected chi connectivity index (χ3v) is 16.4. The van der Waals surface area contributed by atoms with E-state index in [1.165, 1.54) is 205 Å². The third-order valence-electron chi connectivity index (χ3n) is 15.4. The number of quaternary nitrogens is 1.